The Balaban J connectivity index is 2.13. The summed E-state index contributed by atoms with van der Waals surface area (Å²) in [6, 6.07) is 11.4. The predicted octanol–water partition coefficient (Wildman–Crippen LogP) is 1.29. The maximum Gasteiger partial charge on any atom is 0.325 e. The SMILES string of the molecule is O=C(O)C(NCc1ccc[nH]c1=O)c1ccccc1. The summed E-state index contributed by atoms with van der Waals surface area (Å²) in [5.41, 5.74) is 0.944. The maximum absolute atomic E-state index is 11.5. The van der Waals surface area contributed by atoms with E-state index in [1.54, 1.807) is 36.4 Å². The van der Waals surface area contributed by atoms with E-state index in [0.717, 1.165) is 0 Å². The molecule has 0 radical (unpaired) electrons. The van der Waals surface area contributed by atoms with E-state index < -0.39 is 12.0 Å². The third kappa shape index (κ3) is 3.29. The Morgan fingerprint density at radius 2 is 1.95 bits per heavy atom. The number of hydrogen-bond acceptors (Lipinski definition) is 3. The molecule has 0 spiro atoms. The van der Waals surface area contributed by atoms with Crippen molar-refractivity contribution in [2.75, 3.05) is 0 Å². The molecule has 0 fully saturated rings. The molecule has 0 amide bonds. The van der Waals surface area contributed by atoms with Crippen LogP contribution in [0.5, 0.6) is 0 Å². The summed E-state index contributed by atoms with van der Waals surface area (Å²) in [6.45, 7) is 0.196. The fraction of sp³-hybridized carbons (Fsp3) is 0.143. The predicted molar refractivity (Wildman–Crippen MR) is 70.7 cm³/mol. The summed E-state index contributed by atoms with van der Waals surface area (Å²) in [7, 11) is 0. The van der Waals surface area contributed by atoms with Crippen LogP contribution < -0.4 is 10.9 Å². The zero-order valence-electron chi connectivity index (χ0n) is 10.2. The van der Waals surface area contributed by atoms with Crippen LogP contribution in [0.2, 0.25) is 0 Å². The third-order valence-corrected chi connectivity index (χ3v) is 2.78. The van der Waals surface area contributed by atoms with Crippen LogP contribution in [0.4, 0.5) is 0 Å². The van der Waals surface area contributed by atoms with Crippen molar-refractivity contribution in [2.45, 2.75) is 12.6 Å². The van der Waals surface area contributed by atoms with Crippen LogP contribution in [0.3, 0.4) is 0 Å². The lowest BCUT2D eigenvalue weighted by atomic mass is 10.1. The number of carboxylic acid groups (broad SMARTS) is 1. The number of aliphatic carboxylic acids is 1. The van der Waals surface area contributed by atoms with E-state index in [4.69, 9.17) is 0 Å². The highest BCUT2D eigenvalue weighted by Gasteiger charge is 2.18. The van der Waals surface area contributed by atoms with Crippen LogP contribution in [0.15, 0.2) is 53.5 Å². The first-order chi connectivity index (χ1) is 9.18. The number of carboxylic acids is 1. The second-order valence-corrected chi connectivity index (χ2v) is 4.09. The van der Waals surface area contributed by atoms with Crippen molar-refractivity contribution in [1.82, 2.24) is 10.3 Å². The smallest absolute Gasteiger partial charge is 0.325 e. The van der Waals surface area contributed by atoms with Gasteiger partial charge in [-0.1, -0.05) is 36.4 Å². The summed E-state index contributed by atoms with van der Waals surface area (Å²) >= 11 is 0. The molecule has 1 aromatic heterocycles. The van der Waals surface area contributed by atoms with E-state index >= 15 is 0 Å². The second-order valence-electron chi connectivity index (χ2n) is 4.09. The van der Waals surface area contributed by atoms with Gasteiger partial charge in [0.1, 0.15) is 6.04 Å². The Morgan fingerprint density at radius 3 is 2.58 bits per heavy atom. The second kappa shape index (κ2) is 5.97. The number of aromatic amines is 1. The number of benzene rings is 1. The van der Waals surface area contributed by atoms with Gasteiger partial charge < -0.3 is 10.1 Å². The average molecular weight is 258 g/mol. The minimum atomic E-state index is -0.974. The Labute approximate surface area is 109 Å². The van der Waals surface area contributed by atoms with Crippen molar-refractivity contribution in [2.24, 2.45) is 0 Å². The zero-order valence-corrected chi connectivity index (χ0v) is 10.2. The highest BCUT2D eigenvalue weighted by molar-refractivity contribution is 5.75. The van der Waals surface area contributed by atoms with Gasteiger partial charge in [0, 0.05) is 18.3 Å². The molecule has 19 heavy (non-hydrogen) atoms. The number of H-pyrrole nitrogens is 1. The van der Waals surface area contributed by atoms with Gasteiger partial charge >= 0.3 is 5.97 Å². The molecule has 0 saturated carbocycles. The molecular formula is C14H14N2O3. The number of aromatic nitrogens is 1. The highest BCUT2D eigenvalue weighted by atomic mass is 16.4. The van der Waals surface area contributed by atoms with E-state index in [-0.39, 0.29) is 12.1 Å². The topological polar surface area (TPSA) is 82.2 Å². The lowest BCUT2D eigenvalue weighted by molar-refractivity contribution is -0.139. The van der Waals surface area contributed by atoms with Gasteiger partial charge in [0.25, 0.3) is 5.56 Å². The molecule has 3 N–H and O–H groups in total. The first-order valence-electron chi connectivity index (χ1n) is 5.86. The molecule has 1 unspecified atom stereocenters. The summed E-state index contributed by atoms with van der Waals surface area (Å²) in [6.07, 6.45) is 1.54. The van der Waals surface area contributed by atoms with Crippen molar-refractivity contribution in [1.29, 1.82) is 0 Å². The van der Waals surface area contributed by atoms with Gasteiger partial charge in [-0.05, 0) is 11.6 Å². The van der Waals surface area contributed by atoms with Crippen LogP contribution in [0.25, 0.3) is 0 Å². The van der Waals surface area contributed by atoms with Gasteiger partial charge in [-0.25, -0.2) is 0 Å². The lowest BCUT2D eigenvalue weighted by Crippen LogP contribution is -2.30. The van der Waals surface area contributed by atoms with Crippen LogP contribution >= 0.6 is 0 Å². The van der Waals surface area contributed by atoms with Gasteiger partial charge in [0.15, 0.2) is 0 Å². The summed E-state index contributed by atoms with van der Waals surface area (Å²) in [5, 5.41) is 12.1. The van der Waals surface area contributed by atoms with E-state index in [1.807, 2.05) is 6.07 Å². The molecule has 5 heteroatoms. The Hall–Kier alpha value is -2.40. The summed E-state index contributed by atoms with van der Waals surface area (Å²) in [5.74, 6) is -0.974. The normalized spacial score (nSPS) is 12.0. The third-order valence-electron chi connectivity index (χ3n) is 2.78. The van der Waals surface area contributed by atoms with Gasteiger partial charge in [-0.2, -0.15) is 0 Å². The number of carbonyl (C=O) groups is 1. The number of pyridine rings is 1. The molecule has 0 aliphatic carbocycles. The fourth-order valence-electron chi connectivity index (χ4n) is 1.80. The molecule has 2 rings (SSSR count). The molecular weight excluding hydrogens is 244 g/mol. The van der Waals surface area contributed by atoms with Crippen molar-refractivity contribution in [3.05, 3.63) is 70.1 Å². The molecule has 0 bridgehead atoms. The zero-order chi connectivity index (χ0) is 13.7. The van der Waals surface area contributed by atoms with Gasteiger partial charge in [-0.3, -0.25) is 14.9 Å². The van der Waals surface area contributed by atoms with E-state index in [2.05, 4.69) is 10.3 Å². The minimum Gasteiger partial charge on any atom is -0.480 e. The van der Waals surface area contributed by atoms with Crippen molar-refractivity contribution in [3.8, 4) is 0 Å². The first-order valence-corrected chi connectivity index (χ1v) is 5.86. The molecule has 5 nitrogen and oxygen atoms in total. The first kappa shape index (κ1) is 13.0. The Kier molecular flexibility index (Phi) is 4.10. The van der Waals surface area contributed by atoms with Crippen molar-refractivity contribution >= 4 is 5.97 Å². The summed E-state index contributed by atoms with van der Waals surface area (Å²) < 4.78 is 0. The lowest BCUT2D eigenvalue weighted by Gasteiger charge is -2.14. The number of rotatable bonds is 5. The van der Waals surface area contributed by atoms with E-state index in [1.165, 1.54) is 6.20 Å². The molecule has 1 aromatic carbocycles. The molecule has 0 aliphatic heterocycles. The van der Waals surface area contributed by atoms with Crippen LogP contribution in [-0.2, 0) is 11.3 Å². The summed E-state index contributed by atoms with van der Waals surface area (Å²) in [4.78, 5) is 25.3. The number of nitrogens with one attached hydrogen (secondary N) is 2. The largest absolute Gasteiger partial charge is 0.480 e. The van der Waals surface area contributed by atoms with E-state index in [0.29, 0.717) is 11.1 Å². The van der Waals surface area contributed by atoms with Crippen molar-refractivity contribution in [3.63, 3.8) is 0 Å². The molecule has 1 heterocycles. The molecule has 98 valence electrons. The Morgan fingerprint density at radius 1 is 1.21 bits per heavy atom. The number of hydrogen-bond donors (Lipinski definition) is 3. The maximum atomic E-state index is 11.5. The molecule has 0 saturated heterocycles. The van der Waals surface area contributed by atoms with Crippen LogP contribution in [0.1, 0.15) is 17.2 Å². The standard InChI is InChI=1S/C14H14N2O3/c17-13-11(7-4-8-15-13)9-16-12(14(18)19)10-5-2-1-3-6-10/h1-8,12,16H,9H2,(H,15,17)(H,18,19). The van der Waals surface area contributed by atoms with E-state index in [9.17, 15) is 14.7 Å². The Bertz CT molecular complexity index is 607. The van der Waals surface area contributed by atoms with Crippen LogP contribution in [0, 0.1) is 0 Å². The molecule has 0 aliphatic rings. The van der Waals surface area contributed by atoms with Gasteiger partial charge in [-0.15, -0.1) is 0 Å². The molecule has 1 atom stereocenters. The van der Waals surface area contributed by atoms with Gasteiger partial charge in [0.2, 0.25) is 0 Å². The van der Waals surface area contributed by atoms with Gasteiger partial charge in [0.05, 0.1) is 0 Å². The average Bonchev–Trinajstić information content (AvgIpc) is 2.42. The fourth-order valence-corrected chi connectivity index (χ4v) is 1.80. The minimum absolute atomic E-state index is 0.196. The highest BCUT2D eigenvalue weighted by Crippen LogP contribution is 2.13. The quantitative estimate of drug-likeness (QED) is 0.754. The molecule has 2 aromatic rings. The van der Waals surface area contributed by atoms with Crippen LogP contribution in [-0.4, -0.2) is 16.1 Å². The van der Waals surface area contributed by atoms with Crippen molar-refractivity contribution < 1.29 is 9.90 Å². The monoisotopic (exact) mass is 258 g/mol.